The van der Waals surface area contributed by atoms with Gasteiger partial charge in [0.2, 0.25) is 0 Å². The largest absolute Gasteiger partial charge is 0.479 e. The highest BCUT2D eigenvalue weighted by Gasteiger charge is 2.50. The molecule has 1 saturated heterocycles. The molecule has 0 aromatic heterocycles. The first kappa shape index (κ1) is 74.5. The Hall–Kier alpha value is -2.54. The van der Waals surface area contributed by atoms with E-state index < -0.39 is 67.3 Å². The number of allylic oxidation sites excluding steroid dienone is 2. The number of esters is 3. The Kier molecular flexibility index (Phi) is 52.8. The molecular formula is C67H124O12. The molecule has 0 aliphatic carbocycles. The van der Waals surface area contributed by atoms with Crippen LogP contribution in [0, 0.1) is 0 Å². The van der Waals surface area contributed by atoms with Gasteiger partial charge in [0, 0.05) is 19.3 Å². The van der Waals surface area contributed by atoms with Gasteiger partial charge < -0.3 is 39.0 Å². The van der Waals surface area contributed by atoms with E-state index in [4.69, 9.17) is 23.7 Å². The van der Waals surface area contributed by atoms with Crippen LogP contribution in [0.15, 0.2) is 12.2 Å². The zero-order valence-electron chi connectivity index (χ0n) is 51.4. The Morgan fingerprint density at radius 1 is 0.405 bits per heavy atom. The van der Waals surface area contributed by atoms with E-state index in [1.54, 1.807) is 0 Å². The first-order valence-corrected chi connectivity index (χ1v) is 33.7. The van der Waals surface area contributed by atoms with Crippen molar-refractivity contribution in [2.45, 2.75) is 379 Å². The van der Waals surface area contributed by atoms with Crippen molar-refractivity contribution in [3.63, 3.8) is 0 Å². The first-order chi connectivity index (χ1) is 38.6. The number of rotatable bonds is 59. The van der Waals surface area contributed by atoms with E-state index >= 15 is 0 Å². The second-order valence-corrected chi connectivity index (χ2v) is 23.5. The Labute approximate surface area is 484 Å². The quantitative estimate of drug-likeness (QED) is 0.0228. The summed E-state index contributed by atoms with van der Waals surface area (Å²) >= 11 is 0. The van der Waals surface area contributed by atoms with Crippen molar-refractivity contribution < 1.29 is 58.2 Å². The van der Waals surface area contributed by atoms with Crippen LogP contribution in [-0.2, 0) is 42.9 Å². The van der Waals surface area contributed by atoms with Crippen LogP contribution in [0.1, 0.15) is 342 Å². The van der Waals surface area contributed by atoms with Crippen LogP contribution < -0.4 is 0 Å². The lowest BCUT2D eigenvalue weighted by Crippen LogP contribution is -2.61. The topological polar surface area (TPSA) is 175 Å². The summed E-state index contributed by atoms with van der Waals surface area (Å²) in [5, 5.41) is 31.6. The zero-order chi connectivity index (χ0) is 57.5. The van der Waals surface area contributed by atoms with Gasteiger partial charge in [0.15, 0.2) is 24.6 Å². The van der Waals surface area contributed by atoms with Gasteiger partial charge >= 0.3 is 23.9 Å². The number of hydrogen-bond donors (Lipinski definition) is 3. The molecule has 0 radical (unpaired) electrons. The van der Waals surface area contributed by atoms with Gasteiger partial charge in [-0.3, -0.25) is 14.4 Å². The van der Waals surface area contributed by atoms with Crippen molar-refractivity contribution in [3.05, 3.63) is 12.2 Å². The van der Waals surface area contributed by atoms with Crippen molar-refractivity contribution >= 4 is 23.9 Å². The van der Waals surface area contributed by atoms with Gasteiger partial charge in [-0.15, -0.1) is 0 Å². The number of carboxylic acids is 1. The van der Waals surface area contributed by atoms with Crippen molar-refractivity contribution in [3.8, 4) is 0 Å². The maximum Gasteiger partial charge on any atom is 0.335 e. The minimum absolute atomic E-state index is 0.0571. The van der Waals surface area contributed by atoms with E-state index in [0.29, 0.717) is 19.3 Å². The maximum atomic E-state index is 13.2. The van der Waals surface area contributed by atoms with E-state index in [2.05, 4.69) is 32.9 Å². The third-order valence-corrected chi connectivity index (χ3v) is 15.8. The van der Waals surface area contributed by atoms with E-state index in [1.807, 2.05) is 0 Å². The van der Waals surface area contributed by atoms with Crippen molar-refractivity contribution in [2.75, 3.05) is 13.2 Å². The van der Waals surface area contributed by atoms with Crippen LogP contribution in [0.2, 0.25) is 0 Å². The van der Waals surface area contributed by atoms with Crippen molar-refractivity contribution in [1.82, 2.24) is 0 Å². The molecule has 1 rings (SSSR count). The Balaban J connectivity index is 2.63. The number of carbonyl (C=O) groups is 4. The molecule has 3 N–H and O–H groups in total. The fraction of sp³-hybridized carbons (Fsp3) is 0.910. The summed E-state index contributed by atoms with van der Waals surface area (Å²) in [6.45, 7) is 6.06. The summed E-state index contributed by atoms with van der Waals surface area (Å²) in [5.41, 5.74) is 0. The number of ether oxygens (including phenoxy) is 5. The van der Waals surface area contributed by atoms with Gasteiger partial charge in [0.05, 0.1) is 6.61 Å². The van der Waals surface area contributed by atoms with E-state index in [1.165, 1.54) is 205 Å². The molecule has 0 aromatic rings. The van der Waals surface area contributed by atoms with Crippen molar-refractivity contribution in [1.29, 1.82) is 0 Å². The molecule has 0 amide bonds. The normalized spacial score (nSPS) is 17.8. The molecule has 1 heterocycles. The van der Waals surface area contributed by atoms with Crippen LogP contribution in [-0.4, -0.2) is 89.2 Å². The maximum absolute atomic E-state index is 13.2. The molecule has 1 aliphatic heterocycles. The van der Waals surface area contributed by atoms with Gasteiger partial charge in [-0.05, 0) is 44.9 Å². The van der Waals surface area contributed by atoms with Crippen molar-refractivity contribution in [2.24, 2.45) is 0 Å². The number of aliphatic hydroxyl groups is 2. The summed E-state index contributed by atoms with van der Waals surface area (Å²) < 4.78 is 28.6. The summed E-state index contributed by atoms with van der Waals surface area (Å²) in [4.78, 5) is 51.3. The Morgan fingerprint density at radius 2 is 0.722 bits per heavy atom. The van der Waals surface area contributed by atoms with Gasteiger partial charge in [0.25, 0.3) is 0 Å². The SMILES string of the molecule is CCCCCCCC/C=C\CCCCCCCC(=O)OC1C(OCC(COC(=O)CCCCCCCCCCCCCCCCCCC)OC(=O)CCCCCCCCCCCCCCCCCCC)OC(C(=O)O)C(O)C1O. The van der Waals surface area contributed by atoms with Gasteiger partial charge in [0.1, 0.15) is 18.8 Å². The summed E-state index contributed by atoms with van der Waals surface area (Å²) in [7, 11) is 0. The molecule has 0 spiro atoms. The molecule has 0 bridgehead atoms. The summed E-state index contributed by atoms with van der Waals surface area (Å²) in [6, 6.07) is 0. The number of unbranched alkanes of at least 4 members (excludes halogenated alkanes) is 43. The molecule has 464 valence electrons. The standard InChI is InChI=1S/C67H124O12/c1-4-7-10-13-16-19-22-25-28-30-33-35-38-41-44-47-50-53-59(68)75-56-58(77-60(69)54-51-48-45-42-39-37-34-31-29-26-23-20-17-14-11-8-5-2)57-76-67-65(63(72)62(71)64(79-67)66(73)74)78-61(70)55-52-49-46-43-40-36-32-27-24-21-18-15-12-9-6-3/h27,32,58,62-65,67,71-72H,4-26,28-31,33-57H2,1-3H3,(H,73,74)/b32-27-. The van der Waals surface area contributed by atoms with Gasteiger partial charge in [-0.1, -0.05) is 290 Å². The predicted molar refractivity (Wildman–Crippen MR) is 322 cm³/mol. The van der Waals surface area contributed by atoms with Gasteiger partial charge in [-0.2, -0.15) is 0 Å². The molecule has 1 fully saturated rings. The minimum atomic E-state index is -1.90. The number of carboxylic acid groups (broad SMARTS) is 1. The fourth-order valence-electron chi connectivity index (χ4n) is 10.7. The predicted octanol–water partition coefficient (Wildman–Crippen LogP) is 18.0. The number of hydrogen-bond acceptors (Lipinski definition) is 11. The zero-order valence-corrected chi connectivity index (χ0v) is 51.4. The lowest BCUT2D eigenvalue weighted by atomic mass is 9.98. The number of carbonyl (C=O) groups excluding carboxylic acids is 3. The fourth-order valence-corrected chi connectivity index (χ4v) is 10.7. The smallest absolute Gasteiger partial charge is 0.335 e. The minimum Gasteiger partial charge on any atom is -0.479 e. The molecule has 6 atom stereocenters. The summed E-state index contributed by atoms with van der Waals surface area (Å²) in [6.07, 6.45) is 51.7. The molecular weight excluding hydrogens is 997 g/mol. The third-order valence-electron chi connectivity index (χ3n) is 15.8. The van der Waals surface area contributed by atoms with Crippen LogP contribution in [0.5, 0.6) is 0 Å². The lowest BCUT2D eigenvalue weighted by molar-refractivity contribution is -0.301. The molecule has 79 heavy (non-hydrogen) atoms. The molecule has 12 heteroatoms. The highest BCUT2D eigenvalue weighted by molar-refractivity contribution is 5.74. The Morgan fingerprint density at radius 3 is 1.08 bits per heavy atom. The molecule has 0 aromatic carbocycles. The monoisotopic (exact) mass is 1120 g/mol. The highest BCUT2D eigenvalue weighted by Crippen LogP contribution is 2.27. The Bertz CT molecular complexity index is 1420. The average molecular weight is 1120 g/mol. The molecule has 6 unspecified atom stereocenters. The highest BCUT2D eigenvalue weighted by atomic mass is 16.7. The van der Waals surface area contributed by atoms with Crippen LogP contribution in [0.4, 0.5) is 0 Å². The first-order valence-electron chi connectivity index (χ1n) is 33.7. The van der Waals surface area contributed by atoms with Gasteiger partial charge in [-0.25, -0.2) is 4.79 Å². The molecule has 12 nitrogen and oxygen atoms in total. The summed E-state index contributed by atoms with van der Waals surface area (Å²) in [5.74, 6) is -3.08. The third kappa shape index (κ3) is 45.6. The van der Waals surface area contributed by atoms with Crippen LogP contribution >= 0.6 is 0 Å². The van der Waals surface area contributed by atoms with Crippen LogP contribution in [0.25, 0.3) is 0 Å². The molecule has 0 saturated carbocycles. The average Bonchev–Trinajstić information content (AvgIpc) is 3.43. The number of aliphatic hydroxyl groups excluding tert-OH is 2. The van der Waals surface area contributed by atoms with E-state index in [9.17, 15) is 34.5 Å². The van der Waals surface area contributed by atoms with Crippen LogP contribution in [0.3, 0.4) is 0 Å². The van der Waals surface area contributed by atoms with E-state index in [0.717, 1.165) is 77.0 Å². The second-order valence-electron chi connectivity index (χ2n) is 23.5. The number of aliphatic carboxylic acids is 1. The second kappa shape index (κ2) is 56.0. The van der Waals surface area contributed by atoms with E-state index in [-0.39, 0.29) is 25.9 Å². The molecule has 1 aliphatic rings. The lowest BCUT2D eigenvalue weighted by Gasteiger charge is -2.40.